The molecule has 1 aliphatic carbocycles. The second-order valence-corrected chi connectivity index (χ2v) is 5.67. The highest BCUT2D eigenvalue weighted by molar-refractivity contribution is 6.00. The van der Waals surface area contributed by atoms with Crippen molar-refractivity contribution in [1.29, 1.82) is 0 Å². The van der Waals surface area contributed by atoms with Gasteiger partial charge in [0.15, 0.2) is 0 Å². The van der Waals surface area contributed by atoms with Crippen molar-refractivity contribution in [2.75, 3.05) is 5.32 Å². The number of amides is 2. The Kier molecular flexibility index (Phi) is 4.27. The average Bonchev–Trinajstić information content (AvgIpc) is 2.44. The molecule has 5 N–H and O–H groups in total. The summed E-state index contributed by atoms with van der Waals surface area (Å²) in [7, 11) is 0. The van der Waals surface area contributed by atoms with Crippen molar-refractivity contribution in [1.82, 2.24) is 0 Å². The molecule has 0 radical (unpaired) electrons. The lowest BCUT2D eigenvalue weighted by molar-refractivity contribution is -0.122. The van der Waals surface area contributed by atoms with Crippen LogP contribution in [0.2, 0.25) is 0 Å². The summed E-state index contributed by atoms with van der Waals surface area (Å²) in [6.45, 7) is 1.53. The van der Waals surface area contributed by atoms with Crippen molar-refractivity contribution in [2.45, 2.75) is 44.6 Å². The lowest BCUT2D eigenvalue weighted by Gasteiger charge is -2.32. The van der Waals surface area contributed by atoms with Crippen molar-refractivity contribution < 1.29 is 14.0 Å². The fourth-order valence-corrected chi connectivity index (χ4v) is 2.61. The Hall–Kier alpha value is -1.95. The lowest BCUT2D eigenvalue weighted by Crippen LogP contribution is -2.52. The van der Waals surface area contributed by atoms with E-state index >= 15 is 0 Å². The molecule has 0 aromatic heterocycles. The van der Waals surface area contributed by atoms with E-state index in [1.54, 1.807) is 0 Å². The summed E-state index contributed by atoms with van der Waals surface area (Å²) in [5, 5.41) is 2.64. The molecule has 1 fully saturated rings. The number of nitrogens with two attached hydrogens (primary N) is 2. The van der Waals surface area contributed by atoms with E-state index < -0.39 is 17.3 Å². The molecule has 0 aliphatic heterocycles. The number of halogens is 1. The molecule has 0 saturated heterocycles. The van der Waals surface area contributed by atoms with Crippen LogP contribution in [0.3, 0.4) is 0 Å². The monoisotopic (exact) mass is 293 g/mol. The molecule has 0 unspecified atom stereocenters. The molecule has 0 spiro atoms. The smallest absolute Gasteiger partial charge is 0.248 e. The van der Waals surface area contributed by atoms with Crippen molar-refractivity contribution in [2.24, 2.45) is 11.5 Å². The van der Waals surface area contributed by atoms with Crippen LogP contribution in [0.5, 0.6) is 0 Å². The number of nitrogens with one attached hydrogen (secondary N) is 1. The normalized spacial score (nSPS) is 17.3. The van der Waals surface area contributed by atoms with Crippen molar-refractivity contribution in [3.8, 4) is 0 Å². The van der Waals surface area contributed by atoms with E-state index in [9.17, 15) is 14.0 Å². The molecular weight excluding hydrogens is 273 g/mol. The van der Waals surface area contributed by atoms with Crippen LogP contribution in [0.15, 0.2) is 12.1 Å². The second-order valence-electron chi connectivity index (χ2n) is 5.67. The third-order valence-electron chi connectivity index (χ3n) is 4.08. The van der Waals surface area contributed by atoms with E-state index in [-0.39, 0.29) is 22.7 Å². The summed E-state index contributed by atoms with van der Waals surface area (Å²) in [5.41, 5.74) is 10.9. The van der Waals surface area contributed by atoms with Gasteiger partial charge in [0, 0.05) is 16.8 Å². The number of benzene rings is 1. The van der Waals surface area contributed by atoms with Gasteiger partial charge in [-0.3, -0.25) is 9.59 Å². The average molecular weight is 293 g/mol. The predicted molar refractivity (Wildman–Crippen MR) is 78.3 cm³/mol. The van der Waals surface area contributed by atoms with Crippen LogP contribution < -0.4 is 16.8 Å². The molecule has 6 heteroatoms. The van der Waals surface area contributed by atoms with Gasteiger partial charge in [0.2, 0.25) is 11.8 Å². The molecule has 0 heterocycles. The number of carbonyl (C=O) groups is 2. The number of primary amides is 1. The standard InChI is InChI=1S/C15H20FN3O2/c1-9-11(16)7-10(13(17)20)8-12(9)19-14(21)15(18)5-3-2-4-6-15/h7-8H,2-6,18H2,1H3,(H2,17,20)(H,19,21). The maximum Gasteiger partial charge on any atom is 0.248 e. The first-order valence-corrected chi connectivity index (χ1v) is 7.04. The number of anilines is 1. The summed E-state index contributed by atoms with van der Waals surface area (Å²) in [6.07, 6.45) is 4.08. The number of rotatable bonds is 3. The molecule has 21 heavy (non-hydrogen) atoms. The van der Waals surface area contributed by atoms with Gasteiger partial charge in [0.25, 0.3) is 0 Å². The molecule has 2 amide bonds. The van der Waals surface area contributed by atoms with E-state index in [2.05, 4.69) is 5.32 Å². The first-order valence-electron chi connectivity index (χ1n) is 7.04. The largest absolute Gasteiger partial charge is 0.366 e. The molecule has 1 aromatic rings. The van der Waals surface area contributed by atoms with Crippen molar-refractivity contribution in [3.63, 3.8) is 0 Å². The SMILES string of the molecule is Cc1c(F)cc(C(N)=O)cc1NC(=O)C1(N)CCCCC1. The minimum absolute atomic E-state index is 0.0168. The zero-order chi connectivity index (χ0) is 15.6. The zero-order valence-electron chi connectivity index (χ0n) is 12.0. The summed E-state index contributed by atoms with van der Waals surface area (Å²) < 4.78 is 13.8. The van der Waals surface area contributed by atoms with Crippen LogP contribution in [-0.2, 0) is 4.79 Å². The first-order chi connectivity index (χ1) is 9.83. The summed E-state index contributed by atoms with van der Waals surface area (Å²) in [5.74, 6) is -1.67. The van der Waals surface area contributed by atoms with E-state index in [4.69, 9.17) is 11.5 Å². The van der Waals surface area contributed by atoms with Crippen LogP contribution in [0.1, 0.15) is 48.0 Å². The Bertz CT molecular complexity index is 581. The van der Waals surface area contributed by atoms with Crippen LogP contribution in [0.25, 0.3) is 0 Å². The van der Waals surface area contributed by atoms with Gasteiger partial charge in [-0.1, -0.05) is 19.3 Å². The van der Waals surface area contributed by atoms with Crippen LogP contribution in [0, 0.1) is 12.7 Å². The van der Waals surface area contributed by atoms with Gasteiger partial charge in [-0.2, -0.15) is 0 Å². The van der Waals surface area contributed by atoms with Gasteiger partial charge in [-0.25, -0.2) is 4.39 Å². The molecule has 2 rings (SSSR count). The zero-order valence-corrected chi connectivity index (χ0v) is 12.0. The fraction of sp³-hybridized carbons (Fsp3) is 0.467. The van der Waals surface area contributed by atoms with Crippen molar-refractivity contribution >= 4 is 17.5 Å². The lowest BCUT2D eigenvalue weighted by atomic mass is 9.82. The highest BCUT2D eigenvalue weighted by atomic mass is 19.1. The predicted octanol–water partition coefficient (Wildman–Crippen LogP) is 1.83. The summed E-state index contributed by atoms with van der Waals surface area (Å²) in [4.78, 5) is 23.5. The quantitative estimate of drug-likeness (QED) is 0.793. The van der Waals surface area contributed by atoms with Gasteiger partial charge in [-0.15, -0.1) is 0 Å². The van der Waals surface area contributed by atoms with E-state index in [1.807, 2.05) is 0 Å². The summed E-state index contributed by atoms with van der Waals surface area (Å²) >= 11 is 0. The second kappa shape index (κ2) is 5.81. The Balaban J connectivity index is 2.26. The third-order valence-corrected chi connectivity index (χ3v) is 4.08. The maximum atomic E-state index is 13.8. The molecular formula is C15H20FN3O2. The molecule has 1 aliphatic rings. The third kappa shape index (κ3) is 3.21. The number of hydrogen-bond donors (Lipinski definition) is 3. The Morgan fingerprint density at radius 2 is 1.86 bits per heavy atom. The Labute approximate surface area is 122 Å². The highest BCUT2D eigenvalue weighted by Gasteiger charge is 2.35. The van der Waals surface area contributed by atoms with E-state index in [0.29, 0.717) is 12.8 Å². The number of hydrogen-bond acceptors (Lipinski definition) is 3. The molecule has 114 valence electrons. The highest BCUT2D eigenvalue weighted by Crippen LogP contribution is 2.28. The van der Waals surface area contributed by atoms with Gasteiger partial charge < -0.3 is 16.8 Å². The van der Waals surface area contributed by atoms with Gasteiger partial charge >= 0.3 is 0 Å². The van der Waals surface area contributed by atoms with Gasteiger partial charge in [-0.05, 0) is 31.9 Å². The molecule has 0 atom stereocenters. The molecule has 1 aromatic carbocycles. The van der Waals surface area contributed by atoms with E-state index in [0.717, 1.165) is 25.3 Å². The topological polar surface area (TPSA) is 98.2 Å². The van der Waals surface area contributed by atoms with Crippen LogP contribution in [0.4, 0.5) is 10.1 Å². The number of carbonyl (C=O) groups excluding carboxylic acids is 2. The summed E-state index contributed by atoms with van der Waals surface area (Å²) in [6, 6.07) is 2.44. The minimum atomic E-state index is -0.927. The fourth-order valence-electron chi connectivity index (χ4n) is 2.61. The Morgan fingerprint density at radius 3 is 2.43 bits per heavy atom. The Morgan fingerprint density at radius 1 is 1.24 bits per heavy atom. The molecule has 0 bridgehead atoms. The van der Waals surface area contributed by atoms with Gasteiger partial charge in [0.05, 0.1) is 5.54 Å². The van der Waals surface area contributed by atoms with Crippen LogP contribution in [-0.4, -0.2) is 17.4 Å². The van der Waals surface area contributed by atoms with Crippen molar-refractivity contribution in [3.05, 3.63) is 29.1 Å². The first kappa shape index (κ1) is 15.4. The minimum Gasteiger partial charge on any atom is -0.366 e. The maximum absolute atomic E-state index is 13.8. The molecule has 5 nitrogen and oxygen atoms in total. The van der Waals surface area contributed by atoms with Crippen LogP contribution >= 0.6 is 0 Å². The molecule has 1 saturated carbocycles. The van der Waals surface area contributed by atoms with Gasteiger partial charge in [0.1, 0.15) is 5.82 Å². The van der Waals surface area contributed by atoms with E-state index in [1.165, 1.54) is 13.0 Å².